The molecular weight excluding hydrogens is 261 g/mol. The van der Waals surface area contributed by atoms with Crippen LogP contribution in [0.15, 0.2) is 17.7 Å². The first-order valence-corrected chi connectivity index (χ1v) is 5.33. The minimum absolute atomic E-state index is 0.00424. The molecule has 1 rings (SSSR count). The van der Waals surface area contributed by atoms with Gasteiger partial charge in [-0.3, -0.25) is 0 Å². The van der Waals surface area contributed by atoms with E-state index in [0.29, 0.717) is 0 Å². The molecule has 19 heavy (non-hydrogen) atoms. The molecule has 4 nitrogen and oxygen atoms in total. The first kappa shape index (κ1) is 14.8. The van der Waals surface area contributed by atoms with E-state index in [4.69, 9.17) is 10.00 Å². The van der Waals surface area contributed by atoms with Crippen LogP contribution in [0.2, 0.25) is 0 Å². The highest BCUT2D eigenvalue weighted by atomic mass is 19.4. The van der Waals surface area contributed by atoms with E-state index >= 15 is 0 Å². The van der Waals surface area contributed by atoms with Gasteiger partial charge < -0.3 is 9.72 Å². The zero-order valence-corrected chi connectivity index (χ0v) is 10.2. The van der Waals surface area contributed by atoms with Gasteiger partial charge in [-0.25, -0.2) is 4.79 Å². The number of nitrogens with zero attached hydrogens (tertiary/aromatic N) is 1. The van der Waals surface area contributed by atoms with Crippen molar-refractivity contribution in [1.82, 2.24) is 4.98 Å². The minimum Gasteiger partial charge on any atom is -0.459 e. The van der Waals surface area contributed by atoms with Crippen LogP contribution in [0, 0.1) is 11.3 Å². The monoisotopic (exact) mass is 272 g/mol. The van der Waals surface area contributed by atoms with Crippen molar-refractivity contribution in [2.24, 2.45) is 0 Å². The molecule has 0 aromatic carbocycles. The molecule has 0 amide bonds. The van der Waals surface area contributed by atoms with Crippen LogP contribution >= 0.6 is 0 Å². The van der Waals surface area contributed by atoms with E-state index < -0.39 is 23.9 Å². The van der Waals surface area contributed by atoms with Crippen LogP contribution < -0.4 is 0 Å². The van der Waals surface area contributed by atoms with Crippen molar-refractivity contribution in [3.63, 3.8) is 0 Å². The molecule has 1 N–H and O–H groups in total. The number of halogens is 3. The molecule has 0 unspecified atom stereocenters. The van der Waals surface area contributed by atoms with Crippen molar-refractivity contribution in [2.45, 2.75) is 26.1 Å². The third-order valence-electron chi connectivity index (χ3n) is 2.00. The van der Waals surface area contributed by atoms with Crippen LogP contribution in [-0.4, -0.2) is 17.1 Å². The van der Waals surface area contributed by atoms with Gasteiger partial charge in [0.1, 0.15) is 17.3 Å². The summed E-state index contributed by atoms with van der Waals surface area (Å²) >= 11 is 0. The van der Waals surface area contributed by atoms with Gasteiger partial charge >= 0.3 is 12.1 Å². The molecule has 0 aliphatic carbocycles. The molecule has 0 atom stereocenters. The highest BCUT2D eigenvalue weighted by Crippen LogP contribution is 2.28. The summed E-state index contributed by atoms with van der Waals surface area (Å²) in [6, 6.07) is 3.54. The van der Waals surface area contributed by atoms with Crippen LogP contribution in [-0.2, 0) is 15.7 Å². The number of carbonyl (C=O) groups excluding carboxylic acids is 1. The number of H-pyrrole nitrogens is 1. The maximum Gasteiger partial charge on any atom is 0.431 e. The number of ether oxygens (including phenoxy) is 1. The molecule has 102 valence electrons. The summed E-state index contributed by atoms with van der Waals surface area (Å²) in [6.45, 7) is 3.20. The third-order valence-corrected chi connectivity index (χ3v) is 2.00. The van der Waals surface area contributed by atoms with Crippen molar-refractivity contribution in [3.8, 4) is 6.07 Å². The van der Waals surface area contributed by atoms with E-state index in [2.05, 4.69) is 4.98 Å². The highest BCUT2D eigenvalue weighted by molar-refractivity contribution is 5.97. The van der Waals surface area contributed by atoms with Gasteiger partial charge in [0.2, 0.25) is 0 Å². The zero-order chi connectivity index (χ0) is 14.6. The number of alkyl halides is 3. The van der Waals surface area contributed by atoms with Gasteiger partial charge in [0.15, 0.2) is 0 Å². The van der Waals surface area contributed by atoms with Crippen LogP contribution in [0.3, 0.4) is 0 Å². The average Bonchev–Trinajstić information content (AvgIpc) is 2.72. The Hall–Kier alpha value is -2.23. The van der Waals surface area contributed by atoms with Gasteiger partial charge in [0.25, 0.3) is 0 Å². The number of aromatic amines is 1. The lowest BCUT2D eigenvalue weighted by atomic mass is 10.2. The summed E-state index contributed by atoms with van der Waals surface area (Å²) in [6.07, 6.45) is -3.91. The second kappa shape index (κ2) is 5.61. The topological polar surface area (TPSA) is 65.9 Å². The Bertz CT molecular complexity index is 536. The molecule has 0 fully saturated rings. The number of rotatable bonds is 3. The maximum atomic E-state index is 12.3. The standard InChI is InChI=1S/C12H11F3N2O2/c1-7(2)19-11(18)8(6-16)5-9-3-4-10(17-9)12(13,14)15/h3-5,7,17H,1-2H3. The first-order chi connectivity index (χ1) is 8.74. The second-order valence-corrected chi connectivity index (χ2v) is 3.95. The molecule has 1 aromatic rings. The summed E-state index contributed by atoms with van der Waals surface area (Å²) in [7, 11) is 0. The molecule has 0 spiro atoms. The number of nitriles is 1. The molecule has 1 heterocycles. The van der Waals surface area contributed by atoms with Crippen LogP contribution in [0.25, 0.3) is 6.08 Å². The molecule has 0 saturated heterocycles. The largest absolute Gasteiger partial charge is 0.459 e. The minimum atomic E-state index is -4.50. The maximum absolute atomic E-state index is 12.3. The van der Waals surface area contributed by atoms with Crippen molar-refractivity contribution in [3.05, 3.63) is 29.1 Å². The predicted octanol–water partition coefficient (Wildman–Crippen LogP) is 2.89. The molecule has 0 bridgehead atoms. The van der Waals surface area contributed by atoms with Crippen LogP contribution in [0.5, 0.6) is 0 Å². The fourth-order valence-corrected chi connectivity index (χ4v) is 1.23. The number of hydrogen-bond donors (Lipinski definition) is 1. The number of nitrogens with one attached hydrogen (secondary N) is 1. The van der Waals surface area contributed by atoms with E-state index in [-0.39, 0.29) is 11.3 Å². The van der Waals surface area contributed by atoms with Gasteiger partial charge in [0, 0.05) is 5.69 Å². The fraction of sp³-hybridized carbons (Fsp3) is 0.333. The lowest BCUT2D eigenvalue weighted by molar-refractivity contribution is -0.142. The van der Waals surface area contributed by atoms with E-state index in [1.807, 2.05) is 0 Å². The lowest BCUT2D eigenvalue weighted by Crippen LogP contribution is -2.12. The quantitative estimate of drug-likeness (QED) is 0.522. The summed E-state index contributed by atoms with van der Waals surface area (Å²) in [5.41, 5.74) is -1.32. The third kappa shape index (κ3) is 4.17. The normalized spacial score (nSPS) is 12.4. The molecule has 7 heteroatoms. The Morgan fingerprint density at radius 3 is 2.53 bits per heavy atom. The Morgan fingerprint density at radius 1 is 1.47 bits per heavy atom. The molecule has 0 aliphatic heterocycles. The predicted molar refractivity (Wildman–Crippen MR) is 60.6 cm³/mol. The van der Waals surface area contributed by atoms with Gasteiger partial charge in [-0.15, -0.1) is 0 Å². The number of aromatic nitrogens is 1. The average molecular weight is 272 g/mol. The second-order valence-electron chi connectivity index (χ2n) is 3.95. The van der Waals surface area contributed by atoms with Crippen molar-refractivity contribution >= 4 is 12.0 Å². The van der Waals surface area contributed by atoms with E-state index in [9.17, 15) is 18.0 Å². The number of hydrogen-bond acceptors (Lipinski definition) is 3. The van der Waals surface area contributed by atoms with E-state index in [0.717, 1.165) is 18.2 Å². The first-order valence-electron chi connectivity index (χ1n) is 5.33. The van der Waals surface area contributed by atoms with Crippen molar-refractivity contribution in [1.29, 1.82) is 5.26 Å². The zero-order valence-electron chi connectivity index (χ0n) is 10.2. The SMILES string of the molecule is CC(C)OC(=O)C(C#N)=Cc1ccc(C(F)(F)F)[nH]1. The van der Waals surface area contributed by atoms with Crippen molar-refractivity contribution < 1.29 is 22.7 Å². The summed E-state index contributed by atoms with van der Waals surface area (Å²) in [5.74, 6) is -0.874. The Labute approximate surface area is 107 Å². The highest BCUT2D eigenvalue weighted by Gasteiger charge is 2.32. The van der Waals surface area contributed by atoms with Crippen LogP contribution in [0.1, 0.15) is 25.2 Å². The van der Waals surface area contributed by atoms with Gasteiger partial charge in [-0.1, -0.05) is 0 Å². The van der Waals surface area contributed by atoms with E-state index in [1.165, 1.54) is 0 Å². The molecular formula is C12H11F3N2O2. The Morgan fingerprint density at radius 2 is 2.11 bits per heavy atom. The lowest BCUT2D eigenvalue weighted by Gasteiger charge is -2.06. The Kier molecular flexibility index (Phi) is 4.38. The molecule has 1 aromatic heterocycles. The summed E-state index contributed by atoms with van der Waals surface area (Å²) in [5, 5.41) is 8.78. The summed E-state index contributed by atoms with van der Waals surface area (Å²) in [4.78, 5) is 13.5. The molecule has 0 aliphatic rings. The molecule has 0 saturated carbocycles. The van der Waals surface area contributed by atoms with Gasteiger partial charge in [-0.2, -0.15) is 18.4 Å². The smallest absolute Gasteiger partial charge is 0.431 e. The van der Waals surface area contributed by atoms with Gasteiger partial charge in [-0.05, 0) is 32.1 Å². The van der Waals surface area contributed by atoms with Gasteiger partial charge in [0.05, 0.1) is 6.10 Å². The van der Waals surface area contributed by atoms with Crippen LogP contribution in [0.4, 0.5) is 13.2 Å². The Balaban J connectivity index is 2.97. The fourth-order valence-electron chi connectivity index (χ4n) is 1.23. The number of carbonyl (C=O) groups is 1. The summed E-state index contributed by atoms with van der Waals surface area (Å²) < 4.78 is 41.8. The van der Waals surface area contributed by atoms with E-state index in [1.54, 1.807) is 19.9 Å². The molecule has 0 radical (unpaired) electrons. The number of esters is 1. The van der Waals surface area contributed by atoms with Crippen molar-refractivity contribution in [2.75, 3.05) is 0 Å².